The third kappa shape index (κ3) is 3.70. The van der Waals surface area contributed by atoms with E-state index in [2.05, 4.69) is 6.07 Å². The minimum Gasteiger partial charge on any atom is -0.332 e. The minimum atomic E-state index is -0.361. The molecule has 0 aromatic heterocycles. The summed E-state index contributed by atoms with van der Waals surface area (Å²) in [5.41, 5.74) is 2.00. The second-order valence-electron chi connectivity index (χ2n) is 5.34. The lowest BCUT2D eigenvalue weighted by molar-refractivity contribution is 0.0690. The highest BCUT2D eigenvalue weighted by Crippen LogP contribution is 2.14. The van der Waals surface area contributed by atoms with Crippen LogP contribution in [0.15, 0.2) is 48.5 Å². The Hall–Kier alpha value is -2.67. The van der Waals surface area contributed by atoms with Gasteiger partial charge in [-0.1, -0.05) is 12.1 Å². The van der Waals surface area contributed by atoms with Crippen LogP contribution in [0.25, 0.3) is 0 Å². The van der Waals surface area contributed by atoms with E-state index < -0.39 is 0 Å². The number of benzene rings is 2. The van der Waals surface area contributed by atoms with Gasteiger partial charge < -0.3 is 4.90 Å². The topological polar surface area (TPSA) is 44.1 Å². The van der Waals surface area contributed by atoms with Gasteiger partial charge in [-0.05, 0) is 55.8 Å². The fourth-order valence-electron chi connectivity index (χ4n) is 2.13. The van der Waals surface area contributed by atoms with Gasteiger partial charge in [-0.15, -0.1) is 0 Å². The largest absolute Gasteiger partial charge is 0.332 e. The highest BCUT2D eigenvalue weighted by Gasteiger charge is 2.19. The first-order chi connectivity index (χ1) is 10.5. The van der Waals surface area contributed by atoms with Crippen molar-refractivity contribution in [2.45, 2.75) is 26.4 Å². The van der Waals surface area contributed by atoms with E-state index in [-0.39, 0.29) is 17.8 Å². The van der Waals surface area contributed by atoms with E-state index in [1.165, 1.54) is 24.3 Å². The van der Waals surface area contributed by atoms with Crippen molar-refractivity contribution < 1.29 is 9.18 Å². The Kier molecular flexibility index (Phi) is 4.90. The Morgan fingerprint density at radius 3 is 2.23 bits per heavy atom. The highest BCUT2D eigenvalue weighted by molar-refractivity contribution is 5.94. The van der Waals surface area contributed by atoms with Gasteiger partial charge in [0.2, 0.25) is 0 Å². The lowest BCUT2D eigenvalue weighted by atomic mass is 10.1. The van der Waals surface area contributed by atoms with E-state index in [9.17, 15) is 9.18 Å². The third-order valence-electron chi connectivity index (χ3n) is 3.41. The van der Waals surface area contributed by atoms with Gasteiger partial charge in [0.25, 0.3) is 5.91 Å². The summed E-state index contributed by atoms with van der Waals surface area (Å²) in [6.45, 7) is 4.32. The summed E-state index contributed by atoms with van der Waals surface area (Å²) in [5.74, 6) is -0.501. The summed E-state index contributed by atoms with van der Waals surface area (Å²) < 4.78 is 13.0. The molecule has 0 fully saturated rings. The third-order valence-corrected chi connectivity index (χ3v) is 3.41. The zero-order valence-electron chi connectivity index (χ0n) is 12.6. The van der Waals surface area contributed by atoms with Crippen LogP contribution in [0.1, 0.15) is 35.3 Å². The number of hydrogen-bond acceptors (Lipinski definition) is 2. The summed E-state index contributed by atoms with van der Waals surface area (Å²) in [7, 11) is 0. The second-order valence-corrected chi connectivity index (χ2v) is 5.34. The van der Waals surface area contributed by atoms with Gasteiger partial charge in [-0.25, -0.2) is 4.39 Å². The van der Waals surface area contributed by atoms with Gasteiger partial charge in [0.15, 0.2) is 0 Å². The first-order valence-electron chi connectivity index (χ1n) is 7.07. The van der Waals surface area contributed by atoms with Crippen LogP contribution < -0.4 is 0 Å². The summed E-state index contributed by atoms with van der Waals surface area (Å²) >= 11 is 0. The Labute approximate surface area is 129 Å². The van der Waals surface area contributed by atoms with Crippen molar-refractivity contribution >= 4 is 5.91 Å². The molecule has 2 aromatic rings. The highest BCUT2D eigenvalue weighted by atomic mass is 19.1. The molecule has 0 aliphatic rings. The van der Waals surface area contributed by atoms with Gasteiger partial charge in [0, 0.05) is 18.2 Å². The summed E-state index contributed by atoms with van der Waals surface area (Å²) in [6.07, 6.45) is 0. The van der Waals surface area contributed by atoms with Crippen molar-refractivity contribution in [3.63, 3.8) is 0 Å². The molecule has 0 atom stereocenters. The van der Waals surface area contributed by atoms with Crippen LogP contribution in [0.5, 0.6) is 0 Å². The fourth-order valence-corrected chi connectivity index (χ4v) is 2.13. The Balaban J connectivity index is 2.20. The quantitative estimate of drug-likeness (QED) is 0.862. The molecule has 0 aliphatic heterocycles. The zero-order chi connectivity index (χ0) is 16.1. The molecule has 0 unspecified atom stereocenters. The van der Waals surface area contributed by atoms with Gasteiger partial charge in [-0.2, -0.15) is 5.26 Å². The first kappa shape index (κ1) is 15.7. The predicted octanol–water partition coefficient (Wildman–Crippen LogP) is 3.75. The minimum absolute atomic E-state index is 0.00759. The van der Waals surface area contributed by atoms with E-state index in [4.69, 9.17) is 5.26 Å². The summed E-state index contributed by atoms with van der Waals surface area (Å²) in [5, 5.41) is 8.81. The number of carbonyl (C=O) groups is 1. The molecule has 0 bridgehead atoms. The Morgan fingerprint density at radius 2 is 1.73 bits per heavy atom. The maximum atomic E-state index is 13.0. The maximum absolute atomic E-state index is 13.0. The molecule has 0 aliphatic carbocycles. The normalized spacial score (nSPS) is 10.3. The lowest BCUT2D eigenvalue weighted by Gasteiger charge is -2.27. The van der Waals surface area contributed by atoms with Gasteiger partial charge in [0.05, 0.1) is 11.6 Å². The second kappa shape index (κ2) is 6.86. The van der Waals surface area contributed by atoms with Gasteiger partial charge in [0.1, 0.15) is 5.82 Å². The van der Waals surface area contributed by atoms with Crippen molar-refractivity contribution in [1.82, 2.24) is 4.90 Å². The van der Waals surface area contributed by atoms with Crippen molar-refractivity contribution in [2.24, 2.45) is 0 Å². The number of nitrogens with zero attached hydrogens (tertiary/aromatic N) is 2. The van der Waals surface area contributed by atoms with Crippen molar-refractivity contribution in [1.29, 1.82) is 5.26 Å². The van der Waals surface area contributed by atoms with E-state index in [0.29, 0.717) is 17.7 Å². The average Bonchev–Trinajstić information content (AvgIpc) is 2.53. The monoisotopic (exact) mass is 296 g/mol. The molecule has 0 spiro atoms. The number of hydrogen-bond donors (Lipinski definition) is 0. The zero-order valence-corrected chi connectivity index (χ0v) is 12.6. The molecule has 0 saturated heterocycles. The van der Waals surface area contributed by atoms with Crippen LogP contribution in [0.4, 0.5) is 4.39 Å². The molecule has 4 heteroatoms. The van der Waals surface area contributed by atoms with Crippen molar-refractivity contribution in [3.05, 3.63) is 71.0 Å². The van der Waals surface area contributed by atoms with E-state index in [1.54, 1.807) is 17.0 Å². The summed E-state index contributed by atoms with van der Waals surface area (Å²) in [4.78, 5) is 14.3. The molecule has 22 heavy (non-hydrogen) atoms. The molecular formula is C18H17FN2O. The van der Waals surface area contributed by atoms with Crippen LogP contribution in [0.3, 0.4) is 0 Å². The number of amides is 1. The molecule has 0 N–H and O–H groups in total. The molecular weight excluding hydrogens is 279 g/mol. The SMILES string of the molecule is CC(C)N(Cc1ccc(C#N)cc1)C(=O)c1ccc(F)cc1. The molecule has 0 radical (unpaired) electrons. The lowest BCUT2D eigenvalue weighted by Crippen LogP contribution is -2.36. The van der Waals surface area contributed by atoms with Crippen LogP contribution in [-0.2, 0) is 6.54 Å². The van der Waals surface area contributed by atoms with Crippen molar-refractivity contribution in [3.8, 4) is 6.07 Å². The molecule has 2 aromatic carbocycles. The standard InChI is InChI=1S/C18H17FN2O/c1-13(2)21(12-15-5-3-14(11-20)4-6-15)18(22)16-7-9-17(19)10-8-16/h3-10,13H,12H2,1-2H3. The number of carbonyl (C=O) groups excluding carboxylic acids is 1. The smallest absolute Gasteiger partial charge is 0.254 e. The number of halogens is 1. The molecule has 0 heterocycles. The summed E-state index contributed by atoms with van der Waals surface area (Å²) in [6, 6.07) is 14.8. The van der Waals surface area contributed by atoms with Crippen LogP contribution in [0, 0.1) is 17.1 Å². The molecule has 2 rings (SSSR count). The molecule has 3 nitrogen and oxygen atoms in total. The predicted molar refractivity (Wildman–Crippen MR) is 82.6 cm³/mol. The van der Waals surface area contributed by atoms with E-state index in [1.807, 2.05) is 26.0 Å². The van der Waals surface area contributed by atoms with Crippen LogP contribution in [-0.4, -0.2) is 16.8 Å². The molecule has 1 amide bonds. The average molecular weight is 296 g/mol. The maximum Gasteiger partial charge on any atom is 0.254 e. The molecule has 0 saturated carbocycles. The van der Waals surface area contributed by atoms with Crippen LogP contribution >= 0.6 is 0 Å². The first-order valence-corrected chi connectivity index (χ1v) is 7.07. The molecule has 112 valence electrons. The van der Waals surface area contributed by atoms with Gasteiger partial charge >= 0.3 is 0 Å². The Bertz CT molecular complexity index is 685. The van der Waals surface area contributed by atoms with E-state index >= 15 is 0 Å². The van der Waals surface area contributed by atoms with Gasteiger partial charge in [-0.3, -0.25) is 4.79 Å². The van der Waals surface area contributed by atoms with Crippen LogP contribution in [0.2, 0.25) is 0 Å². The van der Waals surface area contributed by atoms with E-state index in [0.717, 1.165) is 5.56 Å². The number of nitriles is 1. The van der Waals surface area contributed by atoms with Crippen molar-refractivity contribution in [2.75, 3.05) is 0 Å². The Morgan fingerprint density at radius 1 is 1.14 bits per heavy atom. The fraction of sp³-hybridized carbons (Fsp3) is 0.222. The number of rotatable bonds is 4.